The summed E-state index contributed by atoms with van der Waals surface area (Å²) in [5, 5.41) is 2.17. The maximum atomic E-state index is 11.4. The van der Waals surface area contributed by atoms with Gasteiger partial charge in [0.05, 0.1) is 0 Å². The van der Waals surface area contributed by atoms with E-state index in [-0.39, 0.29) is 5.56 Å². The van der Waals surface area contributed by atoms with Crippen LogP contribution in [0.4, 0.5) is 0 Å². The maximum absolute atomic E-state index is 11.4. The Morgan fingerprint density at radius 1 is 1.36 bits per heavy atom. The zero-order chi connectivity index (χ0) is 10.1. The molecule has 0 saturated heterocycles. The second-order valence-electron chi connectivity index (χ2n) is 2.99. The summed E-state index contributed by atoms with van der Waals surface area (Å²) in [7, 11) is 0. The zero-order valence-corrected chi connectivity index (χ0v) is 9.52. The van der Waals surface area contributed by atoms with Crippen LogP contribution in [0.1, 0.15) is 5.56 Å². The summed E-state index contributed by atoms with van der Waals surface area (Å²) in [6, 6.07) is 7.30. The lowest BCUT2D eigenvalue weighted by Crippen LogP contribution is -2.10. The van der Waals surface area contributed by atoms with Gasteiger partial charge in [-0.15, -0.1) is 0 Å². The predicted molar refractivity (Wildman–Crippen MR) is 62.2 cm³/mol. The van der Waals surface area contributed by atoms with Crippen molar-refractivity contribution >= 4 is 38.4 Å². The molecule has 0 amide bonds. The lowest BCUT2D eigenvalue weighted by Gasteiger charge is -2.00. The molecule has 14 heavy (non-hydrogen) atoms. The number of H-pyrrole nitrogens is 1. The van der Waals surface area contributed by atoms with Crippen LogP contribution in [-0.2, 0) is 5.33 Å². The Labute approximate surface area is 94.0 Å². The number of hydrogen-bond acceptors (Lipinski definition) is 1. The van der Waals surface area contributed by atoms with E-state index in [4.69, 9.17) is 11.6 Å². The quantitative estimate of drug-likeness (QED) is 0.795. The van der Waals surface area contributed by atoms with Crippen molar-refractivity contribution in [3.8, 4) is 0 Å². The van der Waals surface area contributed by atoms with Crippen molar-refractivity contribution in [2.24, 2.45) is 0 Å². The van der Waals surface area contributed by atoms with Gasteiger partial charge >= 0.3 is 0 Å². The molecule has 72 valence electrons. The maximum Gasteiger partial charge on any atom is 0.252 e. The molecule has 0 bridgehead atoms. The molecule has 2 nitrogen and oxygen atoms in total. The van der Waals surface area contributed by atoms with Crippen molar-refractivity contribution in [1.82, 2.24) is 4.98 Å². The number of alkyl halides is 1. The number of aromatic nitrogens is 1. The van der Waals surface area contributed by atoms with Crippen LogP contribution >= 0.6 is 27.5 Å². The van der Waals surface area contributed by atoms with Crippen LogP contribution in [0.3, 0.4) is 0 Å². The molecule has 0 atom stereocenters. The number of halogens is 2. The van der Waals surface area contributed by atoms with E-state index >= 15 is 0 Å². The molecule has 0 saturated carbocycles. The third kappa shape index (κ3) is 1.70. The fraction of sp³-hybridized carbons (Fsp3) is 0.100. The molecule has 1 aromatic heterocycles. The van der Waals surface area contributed by atoms with Gasteiger partial charge in [-0.25, -0.2) is 0 Å². The number of hydrogen-bond donors (Lipinski definition) is 1. The fourth-order valence-corrected chi connectivity index (χ4v) is 1.91. The van der Waals surface area contributed by atoms with Gasteiger partial charge in [-0.1, -0.05) is 33.6 Å². The van der Waals surface area contributed by atoms with Gasteiger partial charge < -0.3 is 4.98 Å². The number of rotatable bonds is 1. The van der Waals surface area contributed by atoms with Crippen molar-refractivity contribution in [2.45, 2.75) is 5.33 Å². The minimum absolute atomic E-state index is 0.0726. The van der Waals surface area contributed by atoms with E-state index in [2.05, 4.69) is 20.9 Å². The number of pyridine rings is 1. The van der Waals surface area contributed by atoms with E-state index in [0.29, 0.717) is 10.4 Å². The zero-order valence-electron chi connectivity index (χ0n) is 7.18. The molecule has 0 aliphatic rings. The number of fused-ring (bicyclic) bond motifs is 1. The summed E-state index contributed by atoms with van der Waals surface area (Å²) in [6.07, 6.45) is 0. The van der Waals surface area contributed by atoms with Crippen LogP contribution < -0.4 is 5.56 Å². The average molecular weight is 273 g/mol. The van der Waals surface area contributed by atoms with E-state index in [1.165, 1.54) is 0 Å². The van der Waals surface area contributed by atoms with Gasteiger partial charge in [0.25, 0.3) is 5.56 Å². The first-order valence-corrected chi connectivity index (χ1v) is 5.58. The standard InChI is InChI=1S/C10H7BrClNO/c11-5-7-3-6-1-2-8(12)4-9(6)13-10(7)14/h1-4H,5H2,(H,13,14). The van der Waals surface area contributed by atoms with Crippen molar-refractivity contribution in [2.75, 3.05) is 0 Å². The number of nitrogens with one attached hydrogen (secondary N) is 1. The van der Waals surface area contributed by atoms with Gasteiger partial charge in [0.1, 0.15) is 0 Å². The topological polar surface area (TPSA) is 32.9 Å². The third-order valence-electron chi connectivity index (χ3n) is 2.03. The average Bonchev–Trinajstić information content (AvgIpc) is 2.16. The molecule has 2 aromatic rings. The Hall–Kier alpha value is -0.800. The summed E-state index contributed by atoms with van der Waals surface area (Å²) in [4.78, 5) is 14.2. The van der Waals surface area contributed by atoms with Crippen molar-refractivity contribution in [3.05, 3.63) is 45.2 Å². The van der Waals surface area contributed by atoms with Gasteiger partial charge in [0.15, 0.2) is 0 Å². The Bertz CT molecular complexity index is 535. The highest BCUT2D eigenvalue weighted by atomic mass is 79.9. The molecular formula is C10H7BrClNO. The normalized spacial score (nSPS) is 10.7. The third-order valence-corrected chi connectivity index (χ3v) is 2.87. The SMILES string of the molecule is O=c1[nH]c2cc(Cl)ccc2cc1CBr. The van der Waals surface area contributed by atoms with E-state index < -0.39 is 0 Å². The first-order valence-electron chi connectivity index (χ1n) is 4.08. The van der Waals surface area contributed by atoms with Crippen molar-refractivity contribution in [3.63, 3.8) is 0 Å². The van der Waals surface area contributed by atoms with Crippen LogP contribution in [-0.4, -0.2) is 4.98 Å². The van der Waals surface area contributed by atoms with E-state index in [9.17, 15) is 4.79 Å². The molecule has 0 spiro atoms. The molecule has 0 aliphatic carbocycles. The van der Waals surface area contributed by atoms with Crippen LogP contribution in [0.5, 0.6) is 0 Å². The van der Waals surface area contributed by atoms with Gasteiger partial charge in [0, 0.05) is 21.4 Å². The highest BCUT2D eigenvalue weighted by Gasteiger charge is 2.01. The molecule has 0 unspecified atom stereocenters. The van der Waals surface area contributed by atoms with Crippen molar-refractivity contribution in [1.29, 1.82) is 0 Å². The van der Waals surface area contributed by atoms with E-state index in [0.717, 1.165) is 16.5 Å². The Morgan fingerprint density at radius 3 is 2.86 bits per heavy atom. The molecule has 0 aliphatic heterocycles. The molecular weight excluding hydrogens is 265 g/mol. The lowest BCUT2D eigenvalue weighted by molar-refractivity contribution is 1.22. The Morgan fingerprint density at radius 2 is 2.14 bits per heavy atom. The monoisotopic (exact) mass is 271 g/mol. The van der Waals surface area contributed by atoms with Crippen LogP contribution in [0.2, 0.25) is 5.02 Å². The summed E-state index contributed by atoms with van der Waals surface area (Å²) < 4.78 is 0. The Kier molecular flexibility index (Phi) is 2.61. The summed E-state index contributed by atoms with van der Waals surface area (Å²) in [5.41, 5.74) is 1.42. The highest BCUT2D eigenvalue weighted by molar-refractivity contribution is 9.08. The summed E-state index contributed by atoms with van der Waals surface area (Å²) >= 11 is 9.08. The van der Waals surface area contributed by atoms with Gasteiger partial charge in [-0.2, -0.15) is 0 Å². The molecule has 4 heteroatoms. The predicted octanol–water partition coefficient (Wildman–Crippen LogP) is 3.08. The summed E-state index contributed by atoms with van der Waals surface area (Å²) in [6.45, 7) is 0. The number of benzene rings is 1. The fourth-order valence-electron chi connectivity index (χ4n) is 1.32. The highest BCUT2D eigenvalue weighted by Crippen LogP contribution is 2.17. The molecule has 0 fully saturated rings. The Balaban J connectivity index is 2.79. The van der Waals surface area contributed by atoms with Crippen molar-refractivity contribution < 1.29 is 0 Å². The van der Waals surface area contributed by atoms with E-state index in [1.54, 1.807) is 12.1 Å². The molecule has 1 aromatic carbocycles. The molecule has 0 radical (unpaired) electrons. The number of aromatic amines is 1. The first kappa shape index (κ1) is 9.74. The first-order chi connectivity index (χ1) is 6.70. The second-order valence-corrected chi connectivity index (χ2v) is 3.99. The smallest absolute Gasteiger partial charge is 0.252 e. The summed E-state index contributed by atoms with van der Waals surface area (Å²) in [5.74, 6) is 0. The van der Waals surface area contributed by atoms with Gasteiger partial charge in [-0.3, -0.25) is 4.79 Å². The minimum Gasteiger partial charge on any atom is -0.322 e. The largest absolute Gasteiger partial charge is 0.322 e. The van der Waals surface area contributed by atoms with Crippen LogP contribution in [0.25, 0.3) is 10.9 Å². The molecule has 2 rings (SSSR count). The van der Waals surface area contributed by atoms with Crippen LogP contribution in [0.15, 0.2) is 29.1 Å². The molecule has 1 N–H and O–H groups in total. The van der Waals surface area contributed by atoms with Crippen LogP contribution in [0, 0.1) is 0 Å². The van der Waals surface area contributed by atoms with E-state index in [1.807, 2.05) is 12.1 Å². The second kappa shape index (κ2) is 3.75. The van der Waals surface area contributed by atoms with Gasteiger partial charge in [-0.05, 0) is 23.6 Å². The lowest BCUT2D eigenvalue weighted by atomic mass is 10.2. The van der Waals surface area contributed by atoms with Gasteiger partial charge in [0.2, 0.25) is 0 Å². The molecule has 1 heterocycles. The minimum atomic E-state index is -0.0726.